The SMILES string of the molecule is CCN(CCC(C)(C)C)c1ccccc1N. The monoisotopic (exact) mass is 220 g/mol. The summed E-state index contributed by atoms with van der Waals surface area (Å²) >= 11 is 0. The van der Waals surface area contributed by atoms with Crippen LogP contribution in [0.15, 0.2) is 24.3 Å². The van der Waals surface area contributed by atoms with Gasteiger partial charge in [-0.1, -0.05) is 32.9 Å². The number of nitrogen functional groups attached to an aromatic ring is 1. The van der Waals surface area contributed by atoms with Crippen LogP contribution in [0, 0.1) is 5.41 Å². The summed E-state index contributed by atoms with van der Waals surface area (Å²) in [6, 6.07) is 8.10. The summed E-state index contributed by atoms with van der Waals surface area (Å²) < 4.78 is 0. The highest BCUT2D eigenvalue weighted by Gasteiger charge is 2.13. The number of hydrogen-bond acceptors (Lipinski definition) is 2. The van der Waals surface area contributed by atoms with E-state index in [1.54, 1.807) is 0 Å². The first-order valence-electron chi connectivity index (χ1n) is 6.03. The van der Waals surface area contributed by atoms with Crippen LogP contribution in [-0.4, -0.2) is 13.1 Å². The van der Waals surface area contributed by atoms with Crippen molar-refractivity contribution in [3.05, 3.63) is 24.3 Å². The first-order chi connectivity index (χ1) is 7.44. The number of nitrogens with zero attached hydrogens (tertiary/aromatic N) is 1. The molecule has 0 amide bonds. The molecular formula is C14H24N2. The summed E-state index contributed by atoms with van der Waals surface area (Å²) in [7, 11) is 0. The maximum Gasteiger partial charge on any atom is 0.0599 e. The van der Waals surface area contributed by atoms with Gasteiger partial charge in [0.05, 0.1) is 11.4 Å². The van der Waals surface area contributed by atoms with Crippen molar-refractivity contribution in [3.63, 3.8) is 0 Å². The van der Waals surface area contributed by atoms with Gasteiger partial charge in [-0.25, -0.2) is 0 Å². The molecule has 0 bridgehead atoms. The molecule has 0 aromatic heterocycles. The second kappa shape index (κ2) is 5.24. The first-order valence-corrected chi connectivity index (χ1v) is 6.03. The molecule has 0 aliphatic carbocycles. The number of para-hydroxylation sites is 2. The molecule has 1 aromatic rings. The minimum Gasteiger partial charge on any atom is -0.397 e. The van der Waals surface area contributed by atoms with Crippen LogP contribution in [0.1, 0.15) is 34.1 Å². The van der Waals surface area contributed by atoms with Crippen molar-refractivity contribution in [2.24, 2.45) is 5.41 Å². The molecule has 0 spiro atoms. The summed E-state index contributed by atoms with van der Waals surface area (Å²) in [6.07, 6.45) is 1.18. The van der Waals surface area contributed by atoms with Gasteiger partial charge in [0, 0.05) is 13.1 Å². The third-order valence-electron chi connectivity index (χ3n) is 2.79. The van der Waals surface area contributed by atoms with Crippen molar-refractivity contribution in [2.75, 3.05) is 23.7 Å². The van der Waals surface area contributed by atoms with Crippen molar-refractivity contribution >= 4 is 11.4 Å². The Bertz CT molecular complexity index is 326. The molecule has 2 nitrogen and oxygen atoms in total. The third-order valence-corrected chi connectivity index (χ3v) is 2.79. The van der Waals surface area contributed by atoms with Gasteiger partial charge in [-0.05, 0) is 30.9 Å². The molecular weight excluding hydrogens is 196 g/mol. The fourth-order valence-electron chi connectivity index (χ4n) is 1.69. The van der Waals surface area contributed by atoms with Gasteiger partial charge in [0.25, 0.3) is 0 Å². The normalized spacial score (nSPS) is 11.5. The maximum atomic E-state index is 5.99. The van der Waals surface area contributed by atoms with Crippen LogP contribution >= 0.6 is 0 Å². The highest BCUT2D eigenvalue weighted by atomic mass is 15.1. The number of anilines is 2. The molecule has 2 heteroatoms. The van der Waals surface area contributed by atoms with Gasteiger partial charge in [0.2, 0.25) is 0 Å². The Morgan fingerprint density at radius 2 is 1.81 bits per heavy atom. The predicted molar refractivity (Wildman–Crippen MR) is 72.8 cm³/mol. The largest absolute Gasteiger partial charge is 0.397 e. The number of hydrogen-bond donors (Lipinski definition) is 1. The molecule has 1 aromatic carbocycles. The quantitative estimate of drug-likeness (QED) is 0.786. The maximum absolute atomic E-state index is 5.99. The predicted octanol–water partition coefficient (Wildman–Crippen LogP) is 3.53. The topological polar surface area (TPSA) is 29.3 Å². The van der Waals surface area contributed by atoms with Crippen LogP contribution in [0.2, 0.25) is 0 Å². The van der Waals surface area contributed by atoms with Gasteiger partial charge < -0.3 is 10.6 Å². The summed E-state index contributed by atoms with van der Waals surface area (Å²) in [6.45, 7) is 11.1. The van der Waals surface area contributed by atoms with E-state index in [9.17, 15) is 0 Å². The Morgan fingerprint density at radius 1 is 1.19 bits per heavy atom. The summed E-state index contributed by atoms with van der Waals surface area (Å²) in [5.41, 5.74) is 8.40. The Labute approximate surface area is 99.5 Å². The van der Waals surface area contributed by atoms with Crippen molar-refractivity contribution in [1.82, 2.24) is 0 Å². The van der Waals surface area contributed by atoms with E-state index in [1.807, 2.05) is 18.2 Å². The number of benzene rings is 1. The Morgan fingerprint density at radius 3 is 2.31 bits per heavy atom. The number of nitrogens with two attached hydrogens (primary N) is 1. The molecule has 16 heavy (non-hydrogen) atoms. The fraction of sp³-hybridized carbons (Fsp3) is 0.571. The van der Waals surface area contributed by atoms with E-state index in [4.69, 9.17) is 5.73 Å². The molecule has 0 aliphatic rings. The zero-order valence-electron chi connectivity index (χ0n) is 11.0. The van der Waals surface area contributed by atoms with E-state index in [2.05, 4.69) is 38.7 Å². The molecule has 0 saturated carbocycles. The van der Waals surface area contributed by atoms with E-state index >= 15 is 0 Å². The van der Waals surface area contributed by atoms with Crippen molar-refractivity contribution in [3.8, 4) is 0 Å². The number of rotatable bonds is 4. The summed E-state index contributed by atoms with van der Waals surface area (Å²) in [5.74, 6) is 0. The lowest BCUT2D eigenvalue weighted by Gasteiger charge is -2.28. The van der Waals surface area contributed by atoms with E-state index in [0.717, 1.165) is 24.5 Å². The van der Waals surface area contributed by atoms with Crippen molar-refractivity contribution in [1.29, 1.82) is 0 Å². The Kier molecular flexibility index (Phi) is 4.22. The van der Waals surface area contributed by atoms with E-state index in [-0.39, 0.29) is 0 Å². The molecule has 90 valence electrons. The van der Waals surface area contributed by atoms with Gasteiger partial charge in [-0.15, -0.1) is 0 Å². The van der Waals surface area contributed by atoms with Gasteiger partial charge in [-0.2, -0.15) is 0 Å². The smallest absolute Gasteiger partial charge is 0.0599 e. The fourth-order valence-corrected chi connectivity index (χ4v) is 1.69. The van der Waals surface area contributed by atoms with E-state index < -0.39 is 0 Å². The Balaban J connectivity index is 2.72. The zero-order chi connectivity index (χ0) is 12.2. The zero-order valence-corrected chi connectivity index (χ0v) is 11.0. The minimum atomic E-state index is 0.372. The average molecular weight is 220 g/mol. The molecule has 0 saturated heterocycles. The van der Waals surface area contributed by atoms with Crippen LogP contribution in [0.25, 0.3) is 0 Å². The van der Waals surface area contributed by atoms with Crippen LogP contribution in [-0.2, 0) is 0 Å². The van der Waals surface area contributed by atoms with Crippen molar-refractivity contribution < 1.29 is 0 Å². The van der Waals surface area contributed by atoms with E-state index in [1.165, 1.54) is 6.42 Å². The van der Waals surface area contributed by atoms with E-state index in [0.29, 0.717) is 5.41 Å². The molecule has 0 radical (unpaired) electrons. The Hall–Kier alpha value is -1.18. The summed E-state index contributed by atoms with van der Waals surface area (Å²) in [5, 5.41) is 0. The van der Waals surface area contributed by atoms with Gasteiger partial charge in [0.1, 0.15) is 0 Å². The van der Waals surface area contributed by atoms with Crippen LogP contribution in [0.3, 0.4) is 0 Å². The van der Waals surface area contributed by atoms with Gasteiger partial charge in [0.15, 0.2) is 0 Å². The molecule has 0 unspecified atom stereocenters. The second-order valence-electron chi connectivity index (χ2n) is 5.45. The lowest BCUT2D eigenvalue weighted by atomic mass is 9.92. The van der Waals surface area contributed by atoms with Gasteiger partial charge in [-0.3, -0.25) is 0 Å². The highest BCUT2D eigenvalue weighted by molar-refractivity contribution is 5.67. The van der Waals surface area contributed by atoms with Gasteiger partial charge >= 0.3 is 0 Å². The lowest BCUT2D eigenvalue weighted by Crippen LogP contribution is -2.27. The molecule has 2 N–H and O–H groups in total. The average Bonchev–Trinajstić information content (AvgIpc) is 2.20. The van der Waals surface area contributed by atoms with Crippen LogP contribution < -0.4 is 10.6 Å². The molecule has 1 rings (SSSR count). The van der Waals surface area contributed by atoms with Crippen LogP contribution in [0.5, 0.6) is 0 Å². The molecule has 0 aliphatic heterocycles. The van der Waals surface area contributed by atoms with Crippen LogP contribution in [0.4, 0.5) is 11.4 Å². The standard InChI is InChI=1S/C14H24N2/c1-5-16(11-10-14(2,3)4)13-9-7-6-8-12(13)15/h6-9H,5,10-11,15H2,1-4H3. The molecule has 0 fully saturated rings. The third kappa shape index (κ3) is 3.76. The second-order valence-corrected chi connectivity index (χ2v) is 5.45. The van der Waals surface area contributed by atoms with Crippen molar-refractivity contribution in [2.45, 2.75) is 34.1 Å². The molecule has 0 atom stereocenters. The first kappa shape index (κ1) is 12.9. The lowest BCUT2D eigenvalue weighted by molar-refractivity contribution is 0.379. The highest BCUT2D eigenvalue weighted by Crippen LogP contribution is 2.25. The minimum absolute atomic E-state index is 0.372. The summed E-state index contributed by atoms with van der Waals surface area (Å²) in [4.78, 5) is 2.35. The molecule has 0 heterocycles.